The molecule has 0 unspecified atom stereocenters. The van der Waals surface area contributed by atoms with E-state index in [1.54, 1.807) is 6.07 Å². The third-order valence-corrected chi connectivity index (χ3v) is 1.79. The van der Waals surface area contributed by atoms with Crippen LogP contribution in [0.2, 0.25) is 5.15 Å². The zero-order chi connectivity index (χ0) is 9.84. The molecule has 2 aromatic heterocycles. The van der Waals surface area contributed by atoms with Gasteiger partial charge in [-0.1, -0.05) is 25.4 Å². The number of aromatic amines is 1. The first-order valence-electron chi connectivity index (χ1n) is 4.37. The lowest BCUT2D eigenvalue weighted by Gasteiger charge is -1.87. The summed E-state index contributed by atoms with van der Waals surface area (Å²) >= 11 is 5.70. The Balaban J connectivity index is 0.000000396. The van der Waals surface area contributed by atoms with E-state index in [9.17, 15) is 0 Å². The Morgan fingerprint density at radius 3 is 2.69 bits per heavy atom. The summed E-state index contributed by atoms with van der Waals surface area (Å²) in [6, 6.07) is 5.68. The molecule has 0 radical (unpaired) electrons. The average molecular weight is 197 g/mol. The highest BCUT2D eigenvalue weighted by atomic mass is 35.5. The van der Waals surface area contributed by atoms with Crippen molar-refractivity contribution in [2.45, 2.75) is 20.8 Å². The summed E-state index contributed by atoms with van der Waals surface area (Å²) in [6.07, 6.45) is 0. The lowest BCUT2D eigenvalue weighted by atomic mass is 10.4. The van der Waals surface area contributed by atoms with Gasteiger partial charge in [-0.3, -0.25) is 0 Å². The highest BCUT2D eigenvalue weighted by Gasteiger charge is 1.97. The number of hydrogen-bond donors (Lipinski definition) is 1. The standard InChI is InChI=1S/C8H7ClN2.C2H6/c1-5-4-7-6(10-5)2-3-8(9)11-7;1-2/h2-4,10H,1H3;1-2H3. The van der Waals surface area contributed by atoms with Crippen LogP contribution in [-0.4, -0.2) is 9.97 Å². The molecule has 2 rings (SSSR count). The molecule has 0 spiro atoms. The van der Waals surface area contributed by atoms with Gasteiger partial charge in [0.25, 0.3) is 0 Å². The van der Waals surface area contributed by atoms with Crippen LogP contribution in [0.5, 0.6) is 0 Å². The highest BCUT2D eigenvalue weighted by molar-refractivity contribution is 6.29. The van der Waals surface area contributed by atoms with Crippen molar-refractivity contribution in [1.29, 1.82) is 0 Å². The molecule has 0 aliphatic carbocycles. The second-order valence-electron chi connectivity index (χ2n) is 2.52. The minimum Gasteiger partial charge on any atom is -0.357 e. The Labute approximate surface area is 82.9 Å². The van der Waals surface area contributed by atoms with Crippen LogP contribution in [0.15, 0.2) is 18.2 Å². The fourth-order valence-corrected chi connectivity index (χ4v) is 1.27. The van der Waals surface area contributed by atoms with E-state index in [1.165, 1.54) is 0 Å². The molecular formula is C10H13ClN2. The smallest absolute Gasteiger partial charge is 0.129 e. The predicted octanol–water partition coefficient (Wildman–Crippen LogP) is 3.55. The molecule has 0 saturated heterocycles. The first kappa shape index (κ1) is 10.1. The zero-order valence-electron chi connectivity index (χ0n) is 8.06. The summed E-state index contributed by atoms with van der Waals surface area (Å²) in [4.78, 5) is 7.30. The van der Waals surface area contributed by atoms with Gasteiger partial charge < -0.3 is 4.98 Å². The topological polar surface area (TPSA) is 28.7 Å². The van der Waals surface area contributed by atoms with Gasteiger partial charge in [0.2, 0.25) is 0 Å². The molecular weight excluding hydrogens is 184 g/mol. The molecule has 2 nitrogen and oxygen atoms in total. The van der Waals surface area contributed by atoms with Crippen LogP contribution < -0.4 is 0 Å². The molecule has 0 amide bonds. The van der Waals surface area contributed by atoms with Crippen molar-refractivity contribution in [1.82, 2.24) is 9.97 Å². The average Bonchev–Trinajstić information content (AvgIpc) is 2.48. The zero-order valence-corrected chi connectivity index (χ0v) is 8.81. The third-order valence-electron chi connectivity index (χ3n) is 1.58. The molecule has 3 heteroatoms. The van der Waals surface area contributed by atoms with Crippen molar-refractivity contribution in [2.75, 3.05) is 0 Å². The number of aromatic nitrogens is 2. The van der Waals surface area contributed by atoms with Gasteiger partial charge in [-0.25, -0.2) is 4.98 Å². The molecule has 0 bridgehead atoms. The Bertz CT molecular complexity index is 393. The summed E-state index contributed by atoms with van der Waals surface area (Å²) in [5, 5.41) is 0.538. The maximum Gasteiger partial charge on any atom is 0.129 e. The van der Waals surface area contributed by atoms with E-state index >= 15 is 0 Å². The fraction of sp³-hybridized carbons (Fsp3) is 0.300. The van der Waals surface area contributed by atoms with Gasteiger partial charge in [0.05, 0.1) is 11.0 Å². The van der Waals surface area contributed by atoms with Crippen LogP contribution in [0.3, 0.4) is 0 Å². The molecule has 2 heterocycles. The fourth-order valence-electron chi connectivity index (χ4n) is 1.12. The Kier molecular flexibility index (Phi) is 3.32. The SMILES string of the molecule is CC.Cc1cc2nc(Cl)ccc2[nH]1. The van der Waals surface area contributed by atoms with Crippen molar-refractivity contribution in [3.8, 4) is 0 Å². The first-order valence-corrected chi connectivity index (χ1v) is 4.75. The Morgan fingerprint density at radius 1 is 1.31 bits per heavy atom. The number of fused-ring (bicyclic) bond motifs is 1. The molecule has 70 valence electrons. The van der Waals surface area contributed by atoms with Gasteiger partial charge >= 0.3 is 0 Å². The maximum absolute atomic E-state index is 5.70. The lowest BCUT2D eigenvalue weighted by molar-refractivity contribution is 1.30. The first-order chi connectivity index (χ1) is 6.25. The summed E-state index contributed by atoms with van der Waals surface area (Å²) in [5.41, 5.74) is 3.07. The van der Waals surface area contributed by atoms with E-state index in [0.29, 0.717) is 5.15 Å². The van der Waals surface area contributed by atoms with E-state index in [2.05, 4.69) is 9.97 Å². The van der Waals surface area contributed by atoms with Crippen LogP contribution in [0, 0.1) is 6.92 Å². The number of rotatable bonds is 0. The van der Waals surface area contributed by atoms with Crippen LogP contribution in [0.4, 0.5) is 0 Å². The molecule has 1 N–H and O–H groups in total. The molecule has 13 heavy (non-hydrogen) atoms. The third kappa shape index (κ3) is 2.22. The number of pyridine rings is 1. The largest absolute Gasteiger partial charge is 0.357 e. The maximum atomic E-state index is 5.70. The van der Waals surface area contributed by atoms with E-state index in [-0.39, 0.29) is 0 Å². The van der Waals surface area contributed by atoms with Gasteiger partial charge in [-0.15, -0.1) is 0 Å². The predicted molar refractivity (Wildman–Crippen MR) is 57.2 cm³/mol. The second-order valence-corrected chi connectivity index (χ2v) is 2.91. The van der Waals surface area contributed by atoms with Crippen LogP contribution >= 0.6 is 11.6 Å². The molecule has 0 atom stereocenters. The molecule has 0 saturated carbocycles. The van der Waals surface area contributed by atoms with E-state index in [4.69, 9.17) is 11.6 Å². The lowest BCUT2D eigenvalue weighted by Crippen LogP contribution is -1.73. The normalized spacial score (nSPS) is 9.54. The minimum atomic E-state index is 0.538. The van der Waals surface area contributed by atoms with Crippen LogP contribution in [0.25, 0.3) is 11.0 Å². The summed E-state index contributed by atoms with van der Waals surface area (Å²) < 4.78 is 0. The number of H-pyrrole nitrogens is 1. The van der Waals surface area contributed by atoms with Gasteiger partial charge in [-0.05, 0) is 25.1 Å². The molecule has 0 fully saturated rings. The second kappa shape index (κ2) is 4.28. The molecule has 0 aromatic carbocycles. The number of aryl methyl sites for hydroxylation is 1. The van der Waals surface area contributed by atoms with Gasteiger partial charge in [0.15, 0.2) is 0 Å². The van der Waals surface area contributed by atoms with E-state index < -0.39 is 0 Å². The van der Waals surface area contributed by atoms with Gasteiger partial charge in [-0.2, -0.15) is 0 Å². The van der Waals surface area contributed by atoms with Crippen LogP contribution in [0.1, 0.15) is 19.5 Å². The Morgan fingerprint density at radius 2 is 2.00 bits per heavy atom. The van der Waals surface area contributed by atoms with E-state index in [1.807, 2.05) is 32.9 Å². The van der Waals surface area contributed by atoms with Crippen molar-refractivity contribution in [3.63, 3.8) is 0 Å². The van der Waals surface area contributed by atoms with Crippen molar-refractivity contribution < 1.29 is 0 Å². The van der Waals surface area contributed by atoms with E-state index in [0.717, 1.165) is 16.7 Å². The number of hydrogen-bond acceptors (Lipinski definition) is 1. The minimum absolute atomic E-state index is 0.538. The molecule has 0 aliphatic heterocycles. The highest BCUT2D eigenvalue weighted by Crippen LogP contribution is 2.15. The van der Waals surface area contributed by atoms with Crippen molar-refractivity contribution in [3.05, 3.63) is 29.0 Å². The van der Waals surface area contributed by atoms with Gasteiger partial charge in [0, 0.05) is 5.69 Å². The quantitative estimate of drug-likeness (QED) is 0.642. The monoisotopic (exact) mass is 196 g/mol. The van der Waals surface area contributed by atoms with Crippen LogP contribution in [-0.2, 0) is 0 Å². The molecule has 2 aromatic rings. The van der Waals surface area contributed by atoms with Crippen molar-refractivity contribution >= 4 is 22.6 Å². The number of nitrogens with zero attached hydrogens (tertiary/aromatic N) is 1. The summed E-state index contributed by atoms with van der Waals surface area (Å²) in [5.74, 6) is 0. The summed E-state index contributed by atoms with van der Waals surface area (Å²) in [7, 11) is 0. The number of halogens is 1. The van der Waals surface area contributed by atoms with Gasteiger partial charge in [0.1, 0.15) is 5.15 Å². The number of nitrogens with one attached hydrogen (secondary N) is 1. The molecule has 0 aliphatic rings. The Hall–Kier alpha value is -1.02. The summed E-state index contributed by atoms with van der Waals surface area (Å²) in [6.45, 7) is 6.00. The van der Waals surface area contributed by atoms with Crippen molar-refractivity contribution in [2.24, 2.45) is 0 Å².